The lowest BCUT2D eigenvalue weighted by molar-refractivity contribution is -0.503. The van der Waals surface area contributed by atoms with E-state index in [0.717, 1.165) is 33.1 Å². The summed E-state index contributed by atoms with van der Waals surface area (Å²) in [4.78, 5) is 4.57. The molecule has 120 valence electrons. The fourth-order valence-electron chi connectivity index (χ4n) is 3.21. The van der Waals surface area contributed by atoms with E-state index in [1.807, 2.05) is 73.1 Å². The summed E-state index contributed by atoms with van der Waals surface area (Å²) in [5, 5.41) is 13.8. The number of fused-ring (bicyclic) bond motifs is 3. The van der Waals surface area contributed by atoms with Crippen molar-refractivity contribution in [2.75, 3.05) is 0 Å². The molecule has 0 aliphatic carbocycles. The third-order valence-electron chi connectivity index (χ3n) is 4.32. The molecular weight excluding hydrogens is 322 g/mol. The maximum absolute atomic E-state index is 13.2. The predicted octanol–water partition coefficient (Wildman–Crippen LogP) is 4.26. The van der Waals surface area contributed by atoms with Crippen LogP contribution < -0.4 is 0 Å². The molecule has 0 fully saturated rings. The van der Waals surface area contributed by atoms with Gasteiger partial charge in [-0.2, -0.15) is 4.74 Å². The van der Waals surface area contributed by atoms with E-state index in [9.17, 15) is 5.21 Å². The molecule has 5 heteroatoms. The Bertz CT molecular complexity index is 960. The number of nitrogens with zero attached hydrogens (tertiary/aromatic N) is 3. The van der Waals surface area contributed by atoms with Gasteiger partial charge in [0, 0.05) is 23.7 Å². The van der Waals surface area contributed by atoms with Crippen molar-refractivity contribution in [2.24, 2.45) is 0 Å². The topological polar surface area (TPSA) is 43.9 Å². The van der Waals surface area contributed by atoms with Crippen molar-refractivity contribution < 1.29 is 4.74 Å². The van der Waals surface area contributed by atoms with E-state index in [1.165, 1.54) is 0 Å². The van der Waals surface area contributed by atoms with Crippen LogP contribution in [0.15, 0.2) is 54.7 Å². The molecule has 0 saturated carbocycles. The summed E-state index contributed by atoms with van der Waals surface area (Å²) in [5.74, 6) is 0.733. The van der Waals surface area contributed by atoms with Crippen LogP contribution in [0.25, 0.3) is 5.69 Å². The van der Waals surface area contributed by atoms with Gasteiger partial charge >= 0.3 is 0 Å². The quantitative estimate of drug-likeness (QED) is 0.492. The van der Waals surface area contributed by atoms with Crippen molar-refractivity contribution >= 4 is 17.3 Å². The summed E-state index contributed by atoms with van der Waals surface area (Å²) in [6.07, 6.45) is 1.96. The zero-order chi connectivity index (χ0) is 16.8. The fraction of sp³-hybridized carbons (Fsp3) is 0.158. The largest absolute Gasteiger partial charge is 0.623 e. The number of aromatic nitrogens is 2. The third kappa shape index (κ3) is 2.22. The van der Waals surface area contributed by atoms with Gasteiger partial charge in [0.25, 0.3) is 0 Å². The number of imidazole rings is 1. The number of aryl methyl sites for hydroxylation is 1. The predicted molar refractivity (Wildman–Crippen MR) is 95.0 cm³/mol. The molecule has 4 nitrogen and oxygen atoms in total. The van der Waals surface area contributed by atoms with Gasteiger partial charge in [-0.25, -0.2) is 4.98 Å². The van der Waals surface area contributed by atoms with Crippen LogP contribution in [0.3, 0.4) is 0 Å². The number of halogens is 1. The van der Waals surface area contributed by atoms with Crippen LogP contribution in [0.4, 0.5) is 0 Å². The van der Waals surface area contributed by atoms with Crippen molar-refractivity contribution in [3.8, 4) is 5.69 Å². The molecule has 1 aromatic heterocycles. The molecule has 24 heavy (non-hydrogen) atoms. The minimum absolute atomic E-state index is 0.403. The highest BCUT2D eigenvalue weighted by atomic mass is 35.5. The van der Waals surface area contributed by atoms with Gasteiger partial charge in [-0.3, -0.25) is 4.57 Å². The van der Waals surface area contributed by atoms with Crippen LogP contribution in [0.5, 0.6) is 0 Å². The molecule has 0 N–H and O–H groups in total. The Morgan fingerprint density at radius 2 is 1.92 bits per heavy atom. The summed E-state index contributed by atoms with van der Waals surface area (Å²) < 4.78 is 3.03. The molecular formula is C19H16ClN3O. The first-order valence-electron chi connectivity index (χ1n) is 7.81. The fourth-order valence-corrected chi connectivity index (χ4v) is 3.38. The van der Waals surface area contributed by atoms with Crippen LogP contribution in [0, 0.1) is 12.1 Å². The summed E-state index contributed by atoms with van der Waals surface area (Å²) in [6.45, 7) is 3.81. The second-order valence-electron chi connectivity index (χ2n) is 5.99. The molecule has 1 unspecified atom stereocenters. The van der Waals surface area contributed by atoms with Gasteiger partial charge in [-0.15, -0.1) is 0 Å². The molecule has 0 spiro atoms. The Hall–Kier alpha value is -2.59. The van der Waals surface area contributed by atoms with Crippen molar-refractivity contribution in [3.63, 3.8) is 0 Å². The van der Waals surface area contributed by atoms with E-state index in [4.69, 9.17) is 11.6 Å². The SMILES string of the molecule is Cc1cn2c(n1)C(C)[N+]([O-])=C(c1ccccc1)c1cc(Cl)ccc1-2. The second kappa shape index (κ2) is 5.49. The van der Waals surface area contributed by atoms with Gasteiger partial charge in [0.15, 0.2) is 5.82 Å². The number of hydrogen-bond donors (Lipinski definition) is 0. The zero-order valence-corrected chi connectivity index (χ0v) is 14.2. The molecule has 3 aromatic rings. The minimum atomic E-state index is -0.403. The number of hydrogen-bond acceptors (Lipinski definition) is 2. The van der Waals surface area contributed by atoms with Gasteiger partial charge in [0.05, 0.1) is 16.9 Å². The summed E-state index contributed by atoms with van der Waals surface area (Å²) >= 11 is 6.24. The monoisotopic (exact) mass is 337 g/mol. The lowest BCUT2D eigenvalue weighted by atomic mass is 10.0. The standard InChI is InChI=1S/C19H16ClN3O/c1-12-11-22-17-9-8-15(20)10-16(17)18(14-6-4-3-5-7-14)23(24)13(2)19(22)21-12/h3-11,13H,1-2H3. The average molecular weight is 338 g/mol. The van der Waals surface area contributed by atoms with Gasteiger partial charge in [-0.05, 0) is 37.3 Å². The summed E-state index contributed by atoms with van der Waals surface area (Å²) in [7, 11) is 0. The Kier molecular flexibility index (Phi) is 3.43. The molecule has 1 aliphatic heterocycles. The van der Waals surface area contributed by atoms with Gasteiger partial charge in [-0.1, -0.05) is 29.8 Å². The van der Waals surface area contributed by atoms with Crippen molar-refractivity contribution in [2.45, 2.75) is 19.9 Å². The van der Waals surface area contributed by atoms with Crippen molar-refractivity contribution in [3.05, 3.63) is 87.6 Å². The normalized spacial score (nSPS) is 16.5. The Labute approximate surface area is 145 Å². The summed E-state index contributed by atoms with van der Waals surface area (Å²) in [6, 6.07) is 14.9. The molecule has 0 radical (unpaired) electrons. The van der Waals surface area contributed by atoms with Crippen LogP contribution >= 0.6 is 11.6 Å². The Balaban J connectivity index is 2.10. The van der Waals surface area contributed by atoms with Crippen molar-refractivity contribution in [1.82, 2.24) is 9.55 Å². The van der Waals surface area contributed by atoms with Crippen molar-refractivity contribution in [1.29, 1.82) is 0 Å². The number of rotatable bonds is 1. The van der Waals surface area contributed by atoms with Crippen LogP contribution in [-0.2, 0) is 0 Å². The van der Waals surface area contributed by atoms with Crippen LogP contribution in [0.1, 0.15) is 35.6 Å². The Morgan fingerprint density at radius 1 is 1.17 bits per heavy atom. The highest BCUT2D eigenvalue weighted by molar-refractivity contribution is 6.31. The zero-order valence-electron chi connectivity index (χ0n) is 13.4. The minimum Gasteiger partial charge on any atom is -0.623 e. The van der Waals surface area contributed by atoms with Gasteiger partial charge in [0.2, 0.25) is 11.8 Å². The van der Waals surface area contributed by atoms with Crippen LogP contribution in [-0.4, -0.2) is 20.0 Å². The molecule has 2 heterocycles. The lowest BCUT2D eigenvalue weighted by Gasteiger charge is -2.14. The van der Waals surface area contributed by atoms with E-state index >= 15 is 0 Å². The molecule has 4 rings (SSSR count). The first-order chi connectivity index (χ1) is 11.6. The molecule has 0 saturated heterocycles. The summed E-state index contributed by atoms with van der Waals surface area (Å²) in [5.41, 5.74) is 4.09. The van der Waals surface area contributed by atoms with Crippen LogP contribution in [0.2, 0.25) is 5.02 Å². The highest BCUT2D eigenvalue weighted by Crippen LogP contribution is 2.31. The first kappa shape index (κ1) is 15.0. The smallest absolute Gasteiger partial charge is 0.228 e. The molecule has 0 amide bonds. The average Bonchev–Trinajstić information content (AvgIpc) is 2.94. The van der Waals surface area contributed by atoms with E-state index in [1.54, 1.807) is 0 Å². The maximum atomic E-state index is 13.2. The van der Waals surface area contributed by atoms with Gasteiger partial charge in [0.1, 0.15) is 0 Å². The first-order valence-corrected chi connectivity index (χ1v) is 8.19. The molecule has 1 atom stereocenters. The van der Waals surface area contributed by atoms with E-state index < -0.39 is 6.04 Å². The number of benzene rings is 2. The second-order valence-corrected chi connectivity index (χ2v) is 6.42. The van der Waals surface area contributed by atoms with E-state index in [-0.39, 0.29) is 0 Å². The lowest BCUT2D eigenvalue weighted by Crippen LogP contribution is -2.20. The molecule has 2 aromatic carbocycles. The Morgan fingerprint density at radius 3 is 2.67 bits per heavy atom. The van der Waals surface area contributed by atoms with Gasteiger partial charge < -0.3 is 5.21 Å². The number of hydroxylamine groups is 1. The molecule has 0 bridgehead atoms. The highest BCUT2D eigenvalue weighted by Gasteiger charge is 2.32. The van der Waals surface area contributed by atoms with E-state index in [2.05, 4.69) is 4.98 Å². The maximum Gasteiger partial charge on any atom is 0.228 e. The molecule has 1 aliphatic rings. The third-order valence-corrected chi connectivity index (χ3v) is 4.56. The van der Waals surface area contributed by atoms with E-state index in [0.29, 0.717) is 10.7 Å².